The van der Waals surface area contributed by atoms with Gasteiger partial charge in [0, 0.05) is 43.3 Å². The number of nitrogens with zero attached hydrogens (tertiary/aromatic N) is 2. The number of pyridine rings is 1. The van der Waals surface area contributed by atoms with Crippen LogP contribution in [0.15, 0.2) is 65.7 Å². The van der Waals surface area contributed by atoms with E-state index < -0.39 is 10.0 Å². The Hall–Kier alpha value is -2.15. The van der Waals surface area contributed by atoms with Gasteiger partial charge in [0.1, 0.15) is 0 Å². The van der Waals surface area contributed by atoms with Crippen molar-refractivity contribution >= 4 is 38.2 Å². The van der Waals surface area contributed by atoms with E-state index in [-0.39, 0.29) is 0 Å². The lowest BCUT2D eigenvalue weighted by atomic mass is 10.1. The lowest BCUT2D eigenvalue weighted by molar-refractivity contribution is -0.344. The van der Waals surface area contributed by atoms with Crippen LogP contribution in [0.2, 0.25) is 5.02 Å². The molecular formula is C19H19ClN3O2S+. The molecule has 4 rings (SSSR count). The Kier molecular flexibility index (Phi) is 4.56. The lowest BCUT2D eigenvalue weighted by Crippen LogP contribution is -2.48. The fraction of sp³-hybridized carbons (Fsp3) is 0.211. The van der Waals surface area contributed by atoms with Crippen molar-refractivity contribution in [3.8, 4) is 0 Å². The van der Waals surface area contributed by atoms with Gasteiger partial charge >= 0.3 is 0 Å². The summed E-state index contributed by atoms with van der Waals surface area (Å²) in [6.45, 7) is 2.22. The second-order valence-electron chi connectivity index (χ2n) is 6.26. The highest BCUT2D eigenvalue weighted by Crippen LogP contribution is 2.27. The number of rotatable bonds is 3. The van der Waals surface area contributed by atoms with Crippen molar-refractivity contribution in [3.63, 3.8) is 0 Å². The maximum absolute atomic E-state index is 12.8. The van der Waals surface area contributed by atoms with E-state index in [2.05, 4.69) is 9.88 Å². The topological polar surface area (TPSA) is 54.8 Å². The number of anilines is 1. The highest BCUT2D eigenvalue weighted by Gasteiger charge is 2.29. The standard InChI is InChI=1S/C19H18ClN3O2S/c20-15-6-7-17-18(14-15)21-9-8-19(17)22-10-12-23(13-11-22)26(24,25)16-4-2-1-3-5-16/h1-9,14H,10-13H2/p+1. The van der Waals surface area contributed by atoms with Gasteiger partial charge in [-0.05, 0) is 24.3 Å². The molecule has 0 atom stereocenters. The molecule has 2 heterocycles. The molecule has 2 aromatic carbocycles. The molecule has 1 aliphatic rings. The fourth-order valence-corrected chi connectivity index (χ4v) is 4.96. The van der Waals surface area contributed by atoms with E-state index in [9.17, 15) is 8.42 Å². The van der Waals surface area contributed by atoms with Crippen molar-refractivity contribution < 1.29 is 13.4 Å². The second-order valence-corrected chi connectivity index (χ2v) is 8.63. The molecule has 7 heteroatoms. The van der Waals surface area contributed by atoms with Gasteiger partial charge < -0.3 is 4.90 Å². The highest BCUT2D eigenvalue weighted by molar-refractivity contribution is 7.89. The quantitative estimate of drug-likeness (QED) is 0.693. The third-order valence-corrected chi connectivity index (χ3v) is 6.85. The van der Waals surface area contributed by atoms with Crippen LogP contribution >= 0.6 is 11.6 Å². The smallest absolute Gasteiger partial charge is 0.243 e. The number of benzene rings is 2. The van der Waals surface area contributed by atoms with Crippen LogP contribution in [0, 0.1) is 0 Å². The van der Waals surface area contributed by atoms with E-state index in [0.717, 1.165) is 16.6 Å². The van der Waals surface area contributed by atoms with Crippen LogP contribution in [0.5, 0.6) is 0 Å². The van der Waals surface area contributed by atoms with Gasteiger partial charge in [-0.2, -0.15) is 4.31 Å². The molecule has 1 aromatic heterocycles. The first kappa shape index (κ1) is 17.3. The number of hydrogen-bond acceptors (Lipinski definition) is 3. The predicted octanol–water partition coefficient (Wildman–Crippen LogP) is 2.82. The summed E-state index contributed by atoms with van der Waals surface area (Å²) in [4.78, 5) is 5.78. The number of fused-ring (bicyclic) bond motifs is 1. The Bertz CT molecular complexity index is 1030. The zero-order valence-corrected chi connectivity index (χ0v) is 15.7. The Balaban J connectivity index is 1.56. The number of halogens is 1. The molecule has 0 spiro atoms. The molecule has 0 aliphatic carbocycles. The maximum atomic E-state index is 12.8. The SMILES string of the molecule is O=S(=O)(c1ccccc1)N1CCN(c2cc[nH+]c3cc(Cl)ccc23)CC1. The fourth-order valence-electron chi connectivity index (χ4n) is 3.35. The number of piperazine rings is 1. The van der Waals surface area contributed by atoms with Crippen LogP contribution in [0.4, 0.5) is 5.69 Å². The maximum Gasteiger partial charge on any atom is 0.243 e. The van der Waals surface area contributed by atoms with E-state index in [1.165, 1.54) is 0 Å². The molecular weight excluding hydrogens is 370 g/mol. The summed E-state index contributed by atoms with van der Waals surface area (Å²) in [5.41, 5.74) is 2.06. The van der Waals surface area contributed by atoms with Gasteiger partial charge in [-0.25, -0.2) is 13.4 Å². The average Bonchev–Trinajstić information content (AvgIpc) is 2.68. The van der Waals surface area contributed by atoms with E-state index in [4.69, 9.17) is 11.6 Å². The van der Waals surface area contributed by atoms with Crippen molar-refractivity contribution in [2.24, 2.45) is 0 Å². The molecule has 1 N–H and O–H groups in total. The van der Waals surface area contributed by atoms with E-state index >= 15 is 0 Å². The number of nitrogens with one attached hydrogen (secondary N) is 1. The normalized spacial score (nSPS) is 16.1. The van der Waals surface area contributed by atoms with Gasteiger partial charge in [-0.3, -0.25) is 0 Å². The van der Waals surface area contributed by atoms with Gasteiger partial charge in [0.2, 0.25) is 15.5 Å². The van der Waals surface area contributed by atoms with Gasteiger partial charge in [-0.1, -0.05) is 29.8 Å². The number of sulfonamides is 1. The van der Waals surface area contributed by atoms with Crippen molar-refractivity contribution in [1.29, 1.82) is 0 Å². The molecule has 0 radical (unpaired) electrons. The molecule has 26 heavy (non-hydrogen) atoms. The molecule has 134 valence electrons. The predicted molar refractivity (Wildman–Crippen MR) is 103 cm³/mol. The zero-order valence-electron chi connectivity index (χ0n) is 14.1. The van der Waals surface area contributed by atoms with Crippen LogP contribution in [0.25, 0.3) is 10.9 Å². The minimum absolute atomic E-state index is 0.350. The molecule has 5 nitrogen and oxygen atoms in total. The number of aromatic nitrogens is 1. The number of H-pyrrole nitrogens is 1. The summed E-state index contributed by atoms with van der Waals surface area (Å²) >= 11 is 6.08. The molecule has 0 amide bonds. The van der Waals surface area contributed by atoms with Crippen LogP contribution in [0.1, 0.15) is 0 Å². The van der Waals surface area contributed by atoms with E-state index in [0.29, 0.717) is 36.1 Å². The summed E-state index contributed by atoms with van der Waals surface area (Å²) in [5, 5.41) is 1.76. The van der Waals surface area contributed by atoms with Crippen LogP contribution in [-0.4, -0.2) is 38.9 Å². The van der Waals surface area contributed by atoms with Crippen LogP contribution in [-0.2, 0) is 10.0 Å². The molecule has 1 fully saturated rings. The monoisotopic (exact) mass is 388 g/mol. The third kappa shape index (κ3) is 3.16. The summed E-state index contributed by atoms with van der Waals surface area (Å²) in [5.74, 6) is 0. The Morgan fingerprint density at radius 3 is 2.38 bits per heavy atom. The molecule has 1 saturated heterocycles. The largest absolute Gasteiger partial charge is 0.368 e. The third-order valence-electron chi connectivity index (χ3n) is 4.70. The number of hydrogen-bond donors (Lipinski definition) is 0. The van der Waals surface area contributed by atoms with Crippen LogP contribution < -0.4 is 9.88 Å². The molecule has 0 unspecified atom stereocenters. The summed E-state index contributed by atoms with van der Waals surface area (Å²) in [7, 11) is -3.43. The summed E-state index contributed by atoms with van der Waals surface area (Å²) in [6, 6.07) is 16.4. The molecule has 0 saturated carbocycles. The van der Waals surface area contributed by atoms with Gasteiger partial charge in [0.15, 0.2) is 6.20 Å². The molecule has 1 aliphatic heterocycles. The Labute approximate surface area is 157 Å². The van der Waals surface area contributed by atoms with Crippen molar-refractivity contribution in [3.05, 3.63) is 65.8 Å². The second kappa shape index (κ2) is 6.87. The molecule has 0 bridgehead atoms. The van der Waals surface area contributed by atoms with Crippen LogP contribution in [0.3, 0.4) is 0 Å². The van der Waals surface area contributed by atoms with Crippen molar-refractivity contribution in [2.75, 3.05) is 31.1 Å². The van der Waals surface area contributed by atoms with E-state index in [1.54, 1.807) is 28.6 Å². The van der Waals surface area contributed by atoms with Gasteiger partial charge in [0.05, 0.1) is 16.0 Å². The summed E-state index contributed by atoms with van der Waals surface area (Å²) < 4.78 is 27.1. The summed E-state index contributed by atoms with van der Waals surface area (Å²) in [6.07, 6.45) is 1.89. The number of aromatic amines is 1. The van der Waals surface area contributed by atoms with E-state index in [1.807, 2.05) is 36.5 Å². The average molecular weight is 389 g/mol. The molecule has 3 aromatic rings. The Morgan fingerprint density at radius 1 is 0.923 bits per heavy atom. The lowest BCUT2D eigenvalue weighted by Gasteiger charge is -2.35. The first-order chi connectivity index (χ1) is 12.6. The first-order valence-corrected chi connectivity index (χ1v) is 10.3. The Morgan fingerprint density at radius 2 is 1.65 bits per heavy atom. The minimum Gasteiger partial charge on any atom is -0.368 e. The van der Waals surface area contributed by atoms with Crippen molar-refractivity contribution in [2.45, 2.75) is 4.90 Å². The first-order valence-electron chi connectivity index (χ1n) is 8.46. The van der Waals surface area contributed by atoms with Crippen molar-refractivity contribution in [1.82, 2.24) is 4.31 Å². The zero-order chi connectivity index (χ0) is 18.1. The van der Waals surface area contributed by atoms with Gasteiger partial charge in [-0.15, -0.1) is 0 Å². The highest BCUT2D eigenvalue weighted by atomic mass is 35.5. The minimum atomic E-state index is -3.43. The van der Waals surface area contributed by atoms with Gasteiger partial charge in [0.25, 0.3) is 0 Å².